The topological polar surface area (TPSA) is 35.5 Å². The van der Waals surface area contributed by atoms with Gasteiger partial charge in [-0.1, -0.05) is 42.5 Å². The molecule has 0 amide bonds. The highest BCUT2D eigenvalue weighted by Crippen LogP contribution is 2.30. The third-order valence-corrected chi connectivity index (χ3v) is 3.29. The Morgan fingerprint density at radius 3 is 2.29 bits per heavy atom. The number of esters is 1. The van der Waals surface area contributed by atoms with Crippen LogP contribution in [0.4, 0.5) is 0 Å². The van der Waals surface area contributed by atoms with E-state index in [4.69, 9.17) is 4.74 Å². The van der Waals surface area contributed by atoms with E-state index in [0.29, 0.717) is 0 Å². The largest absolute Gasteiger partial charge is 0.496 e. The first kappa shape index (κ1) is 14.9. The molecule has 0 fully saturated rings. The highest BCUT2D eigenvalue weighted by Gasteiger charge is 2.05. The number of carbonyl (C=O) groups is 1. The molecule has 2 rings (SSSR count). The molecule has 0 bridgehead atoms. The fourth-order valence-corrected chi connectivity index (χ4v) is 2.11. The smallest absolute Gasteiger partial charge is 0.330 e. The summed E-state index contributed by atoms with van der Waals surface area (Å²) in [6, 6.07) is 15.9. The van der Waals surface area contributed by atoms with Crippen molar-refractivity contribution in [2.24, 2.45) is 0 Å². The van der Waals surface area contributed by atoms with E-state index in [-0.39, 0.29) is 5.97 Å². The van der Waals surface area contributed by atoms with Gasteiger partial charge in [0.2, 0.25) is 0 Å². The molecule has 0 unspecified atom stereocenters. The maximum atomic E-state index is 11.3. The Hall–Kier alpha value is -2.55. The van der Waals surface area contributed by atoms with Crippen molar-refractivity contribution in [1.29, 1.82) is 0 Å². The van der Waals surface area contributed by atoms with Gasteiger partial charge in [0.25, 0.3) is 0 Å². The molecule has 0 saturated carbocycles. The van der Waals surface area contributed by atoms with E-state index in [9.17, 15) is 4.79 Å². The fraction of sp³-hybridized carbons (Fsp3) is 0.167. The van der Waals surface area contributed by atoms with Gasteiger partial charge < -0.3 is 9.47 Å². The first-order valence-corrected chi connectivity index (χ1v) is 6.65. The van der Waals surface area contributed by atoms with Gasteiger partial charge in [-0.15, -0.1) is 0 Å². The molecule has 0 heterocycles. The summed E-state index contributed by atoms with van der Waals surface area (Å²) in [4.78, 5) is 11.3. The van der Waals surface area contributed by atoms with E-state index in [1.807, 2.05) is 55.5 Å². The number of allylic oxidation sites excluding steroid dienone is 1. The Morgan fingerprint density at radius 2 is 1.67 bits per heavy atom. The van der Waals surface area contributed by atoms with Crippen molar-refractivity contribution in [3.05, 3.63) is 60.2 Å². The summed E-state index contributed by atoms with van der Waals surface area (Å²) in [5.41, 5.74) is 3.97. The zero-order chi connectivity index (χ0) is 15.2. The highest BCUT2D eigenvalue weighted by atomic mass is 16.5. The number of methoxy groups -OCH3 is 2. The molecular weight excluding hydrogens is 264 g/mol. The number of ether oxygens (including phenoxy) is 2. The van der Waals surface area contributed by atoms with Crippen molar-refractivity contribution in [1.82, 2.24) is 0 Å². The molecule has 3 heteroatoms. The van der Waals surface area contributed by atoms with Crippen molar-refractivity contribution in [2.45, 2.75) is 6.92 Å². The molecule has 0 radical (unpaired) electrons. The first-order valence-electron chi connectivity index (χ1n) is 6.65. The number of hydrogen-bond acceptors (Lipinski definition) is 3. The predicted octanol–water partition coefficient (Wildman–Crippen LogP) is 3.94. The third kappa shape index (κ3) is 3.51. The molecular formula is C18H18O3. The van der Waals surface area contributed by atoms with Gasteiger partial charge >= 0.3 is 5.97 Å². The van der Waals surface area contributed by atoms with Gasteiger partial charge in [-0.2, -0.15) is 0 Å². The summed E-state index contributed by atoms with van der Waals surface area (Å²) >= 11 is 0. The molecule has 0 aliphatic rings. The van der Waals surface area contributed by atoms with Gasteiger partial charge in [-0.25, -0.2) is 4.79 Å². The van der Waals surface area contributed by atoms with E-state index < -0.39 is 0 Å². The van der Waals surface area contributed by atoms with E-state index in [2.05, 4.69) is 4.74 Å². The standard InChI is InChI=1S/C18H18O3/c1-13(12-18(19)21-3)14-8-10-15(11-9-14)16-6-4-5-7-17(16)20-2/h4-12H,1-3H3/b13-12+. The van der Waals surface area contributed by atoms with Crippen molar-refractivity contribution in [2.75, 3.05) is 14.2 Å². The van der Waals surface area contributed by atoms with E-state index in [0.717, 1.165) is 28.0 Å². The molecule has 0 spiro atoms. The monoisotopic (exact) mass is 282 g/mol. The molecule has 0 aliphatic carbocycles. The molecule has 0 saturated heterocycles. The average Bonchev–Trinajstić information content (AvgIpc) is 2.54. The summed E-state index contributed by atoms with van der Waals surface area (Å²) in [6.45, 7) is 1.88. The van der Waals surface area contributed by atoms with E-state index in [1.165, 1.54) is 13.2 Å². The molecule has 0 atom stereocenters. The molecule has 108 valence electrons. The number of para-hydroxylation sites is 1. The van der Waals surface area contributed by atoms with Gasteiger partial charge in [0.15, 0.2) is 0 Å². The maximum absolute atomic E-state index is 11.3. The SMILES string of the molecule is COC(=O)/C=C(\C)c1ccc(-c2ccccc2OC)cc1. The van der Waals surface area contributed by atoms with Crippen molar-refractivity contribution >= 4 is 11.5 Å². The second kappa shape index (κ2) is 6.75. The van der Waals surface area contributed by atoms with Crippen LogP contribution in [0, 0.1) is 0 Å². The second-order valence-electron chi connectivity index (χ2n) is 4.63. The van der Waals surface area contributed by atoms with Crippen LogP contribution in [0.5, 0.6) is 5.75 Å². The lowest BCUT2D eigenvalue weighted by Crippen LogP contribution is -1.95. The number of rotatable bonds is 4. The Balaban J connectivity index is 2.31. The Bertz CT molecular complexity index is 654. The van der Waals surface area contributed by atoms with Crippen LogP contribution >= 0.6 is 0 Å². The normalized spacial score (nSPS) is 11.1. The van der Waals surface area contributed by atoms with E-state index in [1.54, 1.807) is 7.11 Å². The summed E-state index contributed by atoms with van der Waals surface area (Å²) < 4.78 is 10.0. The van der Waals surface area contributed by atoms with Crippen LogP contribution in [0.2, 0.25) is 0 Å². The lowest BCUT2D eigenvalue weighted by Gasteiger charge is -2.09. The first-order chi connectivity index (χ1) is 10.2. The second-order valence-corrected chi connectivity index (χ2v) is 4.63. The Morgan fingerprint density at radius 1 is 1.00 bits per heavy atom. The maximum Gasteiger partial charge on any atom is 0.330 e. The van der Waals surface area contributed by atoms with Crippen LogP contribution in [0.3, 0.4) is 0 Å². The minimum Gasteiger partial charge on any atom is -0.496 e. The molecule has 0 N–H and O–H groups in total. The van der Waals surface area contributed by atoms with Crippen LogP contribution in [0.15, 0.2) is 54.6 Å². The van der Waals surface area contributed by atoms with Gasteiger partial charge in [0, 0.05) is 11.6 Å². The van der Waals surface area contributed by atoms with Gasteiger partial charge in [0.05, 0.1) is 14.2 Å². The van der Waals surface area contributed by atoms with Gasteiger partial charge in [-0.05, 0) is 29.7 Å². The lowest BCUT2D eigenvalue weighted by molar-refractivity contribution is -0.134. The summed E-state index contributed by atoms with van der Waals surface area (Å²) in [5.74, 6) is 0.494. The molecule has 2 aromatic carbocycles. The minimum absolute atomic E-state index is 0.346. The Labute approximate surface area is 124 Å². The predicted molar refractivity (Wildman–Crippen MR) is 84.1 cm³/mol. The average molecular weight is 282 g/mol. The van der Waals surface area contributed by atoms with Crippen LogP contribution in [0.1, 0.15) is 12.5 Å². The third-order valence-electron chi connectivity index (χ3n) is 3.29. The zero-order valence-corrected chi connectivity index (χ0v) is 12.4. The summed E-state index contributed by atoms with van der Waals surface area (Å²) in [6.07, 6.45) is 1.48. The van der Waals surface area contributed by atoms with Crippen LogP contribution < -0.4 is 4.74 Å². The molecule has 0 aromatic heterocycles. The van der Waals surface area contributed by atoms with Crippen molar-refractivity contribution < 1.29 is 14.3 Å². The molecule has 0 aliphatic heterocycles. The molecule has 3 nitrogen and oxygen atoms in total. The van der Waals surface area contributed by atoms with Crippen molar-refractivity contribution in [3.8, 4) is 16.9 Å². The lowest BCUT2D eigenvalue weighted by atomic mass is 10.0. The Kier molecular flexibility index (Phi) is 4.77. The van der Waals surface area contributed by atoms with Crippen LogP contribution in [-0.2, 0) is 9.53 Å². The van der Waals surface area contributed by atoms with Crippen LogP contribution in [-0.4, -0.2) is 20.2 Å². The number of benzene rings is 2. The van der Waals surface area contributed by atoms with Gasteiger partial charge in [-0.3, -0.25) is 0 Å². The zero-order valence-electron chi connectivity index (χ0n) is 12.4. The van der Waals surface area contributed by atoms with Gasteiger partial charge in [0.1, 0.15) is 5.75 Å². The summed E-state index contributed by atoms with van der Waals surface area (Å²) in [5, 5.41) is 0. The van der Waals surface area contributed by atoms with Crippen molar-refractivity contribution in [3.63, 3.8) is 0 Å². The number of hydrogen-bond donors (Lipinski definition) is 0. The van der Waals surface area contributed by atoms with Crippen LogP contribution in [0.25, 0.3) is 16.7 Å². The fourth-order valence-electron chi connectivity index (χ4n) is 2.11. The minimum atomic E-state index is -0.346. The highest BCUT2D eigenvalue weighted by molar-refractivity contribution is 5.91. The summed E-state index contributed by atoms with van der Waals surface area (Å²) in [7, 11) is 3.04. The number of carbonyl (C=O) groups excluding carboxylic acids is 1. The molecule has 21 heavy (non-hydrogen) atoms. The van der Waals surface area contributed by atoms with E-state index >= 15 is 0 Å². The molecule has 2 aromatic rings. The quantitative estimate of drug-likeness (QED) is 0.629.